The number of fused-ring (bicyclic) bond motifs is 1. The van der Waals surface area contributed by atoms with Crippen LogP contribution < -0.4 is 9.46 Å². The van der Waals surface area contributed by atoms with Gasteiger partial charge in [0.1, 0.15) is 5.75 Å². The Balaban J connectivity index is 2.01. The van der Waals surface area contributed by atoms with Crippen molar-refractivity contribution >= 4 is 21.4 Å². The molecule has 2 heterocycles. The first-order valence-electron chi connectivity index (χ1n) is 7.02. The molecule has 3 aromatic rings. The number of hydrogen-bond donors (Lipinski definition) is 1. The second kappa shape index (κ2) is 5.58. The number of sulfonamides is 1. The van der Waals surface area contributed by atoms with Gasteiger partial charge in [-0.2, -0.15) is 0 Å². The van der Waals surface area contributed by atoms with Crippen molar-refractivity contribution in [3.63, 3.8) is 0 Å². The van der Waals surface area contributed by atoms with Crippen LogP contribution in [0.25, 0.3) is 5.65 Å². The number of nitrogens with one attached hydrogen (secondary N) is 1. The second-order valence-electron chi connectivity index (χ2n) is 5.27. The van der Waals surface area contributed by atoms with E-state index in [4.69, 9.17) is 4.74 Å². The van der Waals surface area contributed by atoms with Crippen LogP contribution in [0.3, 0.4) is 0 Å². The van der Waals surface area contributed by atoms with Crippen LogP contribution in [0.1, 0.15) is 11.3 Å². The molecular formula is C16H17N3O3S. The van der Waals surface area contributed by atoms with E-state index in [1.54, 1.807) is 42.7 Å². The first kappa shape index (κ1) is 15.4. The summed E-state index contributed by atoms with van der Waals surface area (Å²) in [7, 11) is -2.15. The van der Waals surface area contributed by atoms with Crippen molar-refractivity contribution in [3.05, 3.63) is 54.0 Å². The van der Waals surface area contributed by atoms with Crippen molar-refractivity contribution in [1.82, 2.24) is 9.38 Å². The van der Waals surface area contributed by atoms with E-state index in [1.165, 1.54) is 6.07 Å². The van der Waals surface area contributed by atoms with Crippen LogP contribution in [-0.4, -0.2) is 24.9 Å². The van der Waals surface area contributed by atoms with Gasteiger partial charge >= 0.3 is 0 Å². The van der Waals surface area contributed by atoms with Gasteiger partial charge in [-0.3, -0.25) is 4.72 Å². The minimum atomic E-state index is -3.70. The van der Waals surface area contributed by atoms with Crippen molar-refractivity contribution in [1.29, 1.82) is 0 Å². The van der Waals surface area contributed by atoms with E-state index in [2.05, 4.69) is 9.71 Å². The maximum Gasteiger partial charge on any atom is 0.262 e. The van der Waals surface area contributed by atoms with E-state index in [-0.39, 0.29) is 4.90 Å². The summed E-state index contributed by atoms with van der Waals surface area (Å²) in [6.07, 6.45) is 3.66. The number of aromatic nitrogens is 2. The van der Waals surface area contributed by atoms with E-state index in [0.29, 0.717) is 17.1 Å². The van der Waals surface area contributed by atoms with Gasteiger partial charge in [0.2, 0.25) is 0 Å². The lowest BCUT2D eigenvalue weighted by Crippen LogP contribution is -2.14. The van der Waals surface area contributed by atoms with Crippen LogP contribution in [-0.2, 0) is 10.0 Å². The Morgan fingerprint density at radius 3 is 2.70 bits per heavy atom. The van der Waals surface area contributed by atoms with Crippen molar-refractivity contribution in [2.75, 3.05) is 11.8 Å². The predicted molar refractivity (Wildman–Crippen MR) is 88.5 cm³/mol. The molecule has 23 heavy (non-hydrogen) atoms. The Morgan fingerprint density at radius 2 is 2.00 bits per heavy atom. The molecule has 2 aromatic heterocycles. The summed E-state index contributed by atoms with van der Waals surface area (Å²) in [6.45, 7) is 3.66. The summed E-state index contributed by atoms with van der Waals surface area (Å²) in [5, 5.41) is 0. The third kappa shape index (κ3) is 2.87. The molecule has 0 aliphatic rings. The molecule has 0 spiro atoms. The van der Waals surface area contributed by atoms with Gasteiger partial charge in [-0.05, 0) is 49.7 Å². The fraction of sp³-hybridized carbons (Fsp3) is 0.188. The molecule has 1 N–H and O–H groups in total. The van der Waals surface area contributed by atoms with E-state index < -0.39 is 10.0 Å². The first-order valence-corrected chi connectivity index (χ1v) is 8.51. The topological polar surface area (TPSA) is 72.7 Å². The minimum absolute atomic E-state index is 0.182. The number of benzene rings is 1. The number of ether oxygens (including phenoxy) is 1. The molecule has 3 rings (SSSR count). The van der Waals surface area contributed by atoms with Gasteiger partial charge in [0.05, 0.1) is 23.4 Å². The number of nitrogens with zero attached hydrogens (tertiary/aromatic N) is 2. The summed E-state index contributed by atoms with van der Waals surface area (Å²) in [5.41, 5.74) is 2.58. The molecule has 0 fully saturated rings. The highest BCUT2D eigenvalue weighted by Gasteiger charge is 2.17. The van der Waals surface area contributed by atoms with Crippen LogP contribution in [0.5, 0.6) is 5.75 Å². The van der Waals surface area contributed by atoms with Crippen LogP contribution >= 0.6 is 0 Å². The summed E-state index contributed by atoms with van der Waals surface area (Å²) in [5.74, 6) is 0.648. The quantitative estimate of drug-likeness (QED) is 0.798. The molecule has 0 atom stereocenters. The SMILES string of the molecule is COc1ccc(S(=O)(=O)Nc2cccn3cc(C)nc23)cc1C. The zero-order valence-corrected chi connectivity index (χ0v) is 13.9. The molecular weight excluding hydrogens is 314 g/mol. The highest BCUT2D eigenvalue weighted by atomic mass is 32.2. The molecule has 1 aromatic carbocycles. The lowest BCUT2D eigenvalue weighted by atomic mass is 10.2. The lowest BCUT2D eigenvalue weighted by Gasteiger charge is -2.11. The third-order valence-corrected chi connectivity index (χ3v) is 4.89. The molecule has 0 radical (unpaired) electrons. The maximum absolute atomic E-state index is 12.6. The highest BCUT2D eigenvalue weighted by molar-refractivity contribution is 7.92. The molecule has 6 nitrogen and oxygen atoms in total. The average Bonchev–Trinajstić information content (AvgIpc) is 2.88. The Hall–Kier alpha value is -2.54. The van der Waals surface area contributed by atoms with Gasteiger partial charge in [-0.1, -0.05) is 0 Å². The molecule has 0 unspecified atom stereocenters. The number of imidazole rings is 1. The smallest absolute Gasteiger partial charge is 0.262 e. The fourth-order valence-electron chi connectivity index (χ4n) is 2.44. The molecule has 0 saturated carbocycles. The van der Waals surface area contributed by atoms with Crippen molar-refractivity contribution < 1.29 is 13.2 Å². The number of anilines is 1. The van der Waals surface area contributed by atoms with E-state index >= 15 is 0 Å². The standard InChI is InChI=1S/C16H17N3O3S/c1-11-9-13(6-7-15(11)22-3)23(20,21)18-14-5-4-8-19-10-12(2)17-16(14)19/h4-10,18H,1-3H3. The van der Waals surface area contributed by atoms with Gasteiger partial charge < -0.3 is 9.14 Å². The number of aryl methyl sites for hydroxylation is 2. The number of methoxy groups -OCH3 is 1. The van der Waals surface area contributed by atoms with Crippen LogP contribution in [0.4, 0.5) is 5.69 Å². The van der Waals surface area contributed by atoms with Gasteiger partial charge in [0.15, 0.2) is 5.65 Å². The lowest BCUT2D eigenvalue weighted by molar-refractivity contribution is 0.411. The van der Waals surface area contributed by atoms with Crippen molar-refractivity contribution in [3.8, 4) is 5.75 Å². The third-order valence-electron chi connectivity index (χ3n) is 3.52. The molecule has 0 saturated heterocycles. The summed E-state index contributed by atoms with van der Waals surface area (Å²) in [4.78, 5) is 4.53. The van der Waals surface area contributed by atoms with Crippen molar-refractivity contribution in [2.45, 2.75) is 18.7 Å². The Kier molecular flexibility index (Phi) is 3.73. The van der Waals surface area contributed by atoms with Crippen molar-refractivity contribution in [2.24, 2.45) is 0 Å². The number of rotatable bonds is 4. The normalized spacial score (nSPS) is 11.6. The fourth-order valence-corrected chi connectivity index (χ4v) is 3.58. The van der Waals surface area contributed by atoms with Crippen LogP contribution in [0.15, 0.2) is 47.6 Å². The van der Waals surface area contributed by atoms with E-state index in [9.17, 15) is 8.42 Å². The largest absolute Gasteiger partial charge is 0.496 e. The maximum atomic E-state index is 12.6. The Morgan fingerprint density at radius 1 is 1.22 bits per heavy atom. The van der Waals surface area contributed by atoms with Crippen LogP contribution in [0.2, 0.25) is 0 Å². The molecule has 7 heteroatoms. The first-order chi connectivity index (χ1) is 10.9. The molecule has 0 aliphatic heterocycles. The van der Waals surface area contributed by atoms with Crippen LogP contribution in [0, 0.1) is 13.8 Å². The van der Waals surface area contributed by atoms with Gasteiger partial charge in [-0.15, -0.1) is 0 Å². The monoisotopic (exact) mass is 331 g/mol. The molecule has 0 aliphatic carbocycles. The van der Waals surface area contributed by atoms with Gasteiger partial charge in [-0.25, -0.2) is 13.4 Å². The Labute approximate surface area is 134 Å². The second-order valence-corrected chi connectivity index (χ2v) is 6.95. The van der Waals surface area contributed by atoms with Gasteiger partial charge in [0, 0.05) is 12.4 Å². The highest BCUT2D eigenvalue weighted by Crippen LogP contribution is 2.24. The molecule has 0 amide bonds. The number of pyridine rings is 1. The van der Waals surface area contributed by atoms with E-state index in [0.717, 1.165) is 11.3 Å². The Bertz CT molecular complexity index is 977. The van der Waals surface area contributed by atoms with E-state index in [1.807, 2.05) is 19.3 Å². The molecule has 120 valence electrons. The zero-order valence-electron chi connectivity index (χ0n) is 13.1. The summed E-state index contributed by atoms with van der Waals surface area (Å²) < 4.78 is 34.8. The average molecular weight is 331 g/mol. The number of hydrogen-bond acceptors (Lipinski definition) is 4. The summed E-state index contributed by atoms with van der Waals surface area (Å²) >= 11 is 0. The minimum Gasteiger partial charge on any atom is -0.496 e. The molecule has 0 bridgehead atoms. The zero-order chi connectivity index (χ0) is 16.6. The van der Waals surface area contributed by atoms with Gasteiger partial charge in [0.25, 0.3) is 10.0 Å². The predicted octanol–water partition coefficient (Wildman–Crippen LogP) is 2.76. The summed E-state index contributed by atoms with van der Waals surface area (Å²) in [6, 6.07) is 8.20.